The molecular formula is C22H29IN4O3. The largest absolute Gasteiger partial charge is 0.493 e. The number of hydrogen-bond acceptors (Lipinski definition) is 4. The molecule has 0 bridgehead atoms. The van der Waals surface area contributed by atoms with Crippen molar-refractivity contribution >= 4 is 35.8 Å². The van der Waals surface area contributed by atoms with E-state index in [0.29, 0.717) is 30.7 Å². The lowest BCUT2D eigenvalue weighted by Gasteiger charge is -2.15. The Hall–Kier alpha value is -2.49. The van der Waals surface area contributed by atoms with Crippen molar-refractivity contribution in [3.05, 3.63) is 59.7 Å². The maximum absolute atomic E-state index is 10.9. The Bertz CT molecular complexity index is 856. The molecule has 1 aliphatic rings. The van der Waals surface area contributed by atoms with Gasteiger partial charge in [-0.15, -0.1) is 24.0 Å². The average molecular weight is 524 g/mol. The first-order chi connectivity index (χ1) is 14.1. The van der Waals surface area contributed by atoms with Gasteiger partial charge in [0, 0.05) is 25.7 Å². The highest BCUT2D eigenvalue weighted by molar-refractivity contribution is 14.0. The third-order valence-corrected chi connectivity index (χ3v) is 4.55. The zero-order chi connectivity index (χ0) is 20.5. The van der Waals surface area contributed by atoms with Gasteiger partial charge in [-0.25, -0.2) is 0 Å². The SMILES string of the molecule is CN=C(NCc1cccc(OCC(N)=O)c1)NCc1ccccc1OCC1CC1.I. The summed E-state index contributed by atoms with van der Waals surface area (Å²) in [4.78, 5) is 15.1. The molecular weight excluding hydrogens is 495 g/mol. The number of nitrogens with one attached hydrogen (secondary N) is 2. The molecule has 0 unspecified atom stereocenters. The molecule has 30 heavy (non-hydrogen) atoms. The number of aliphatic imine (C=N–C) groups is 1. The summed E-state index contributed by atoms with van der Waals surface area (Å²) in [6.45, 7) is 1.83. The van der Waals surface area contributed by atoms with Crippen LogP contribution in [0.3, 0.4) is 0 Å². The molecule has 1 saturated carbocycles. The van der Waals surface area contributed by atoms with Crippen molar-refractivity contribution in [3.8, 4) is 11.5 Å². The fourth-order valence-corrected chi connectivity index (χ4v) is 2.77. The topological polar surface area (TPSA) is 98.0 Å². The van der Waals surface area contributed by atoms with E-state index in [0.717, 1.165) is 23.5 Å². The minimum atomic E-state index is -0.500. The number of nitrogens with zero attached hydrogens (tertiary/aromatic N) is 1. The second-order valence-corrected chi connectivity index (χ2v) is 7.04. The fourth-order valence-electron chi connectivity index (χ4n) is 2.77. The number of halogens is 1. The van der Waals surface area contributed by atoms with Crippen LogP contribution in [0.25, 0.3) is 0 Å². The first kappa shape index (κ1) is 23.8. The lowest BCUT2D eigenvalue weighted by molar-refractivity contribution is -0.119. The van der Waals surface area contributed by atoms with Gasteiger partial charge in [0.25, 0.3) is 5.91 Å². The Morgan fingerprint density at radius 3 is 2.60 bits per heavy atom. The predicted octanol–water partition coefficient (Wildman–Crippen LogP) is 2.82. The number of para-hydroxylation sites is 1. The molecule has 2 aromatic carbocycles. The van der Waals surface area contributed by atoms with Crippen molar-refractivity contribution < 1.29 is 14.3 Å². The first-order valence-corrected chi connectivity index (χ1v) is 9.79. The van der Waals surface area contributed by atoms with Gasteiger partial charge in [-0.3, -0.25) is 9.79 Å². The zero-order valence-electron chi connectivity index (χ0n) is 17.1. The summed E-state index contributed by atoms with van der Waals surface area (Å²) in [5, 5.41) is 6.60. The predicted molar refractivity (Wildman–Crippen MR) is 128 cm³/mol. The number of nitrogens with two attached hydrogens (primary N) is 1. The summed E-state index contributed by atoms with van der Waals surface area (Å²) in [6.07, 6.45) is 2.54. The van der Waals surface area contributed by atoms with E-state index in [2.05, 4.69) is 21.7 Å². The Balaban J connectivity index is 0.00000320. The summed E-state index contributed by atoms with van der Waals surface area (Å²) in [5.41, 5.74) is 7.21. The van der Waals surface area contributed by atoms with Gasteiger partial charge in [-0.2, -0.15) is 0 Å². The van der Waals surface area contributed by atoms with Crippen molar-refractivity contribution in [1.82, 2.24) is 10.6 Å². The molecule has 0 spiro atoms. The van der Waals surface area contributed by atoms with Gasteiger partial charge in [0.2, 0.25) is 0 Å². The van der Waals surface area contributed by atoms with Crippen LogP contribution in [0.15, 0.2) is 53.5 Å². The lowest BCUT2D eigenvalue weighted by Crippen LogP contribution is -2.36. The second kappa shape index (κ2) is 12.3. The van der Waals surface area contributed by atoms with Crippen LogP contribution >= 0.6 is 24.0 Å². The number of guanidine groups is 1. The van der Waals surface area contributed by atoms with Gasteiger partial charge in [-0.05, 0) is 42.5 Å². The van der Waals surface area contributed by atoms with Gasteiger partial charge in [0.15, 0.2) is 12.6 Å². The number of primary amides is 1. The van der Waals surface area contributed by atoms with Crippen molar-refractivity contribution in [1.29, 1.82) is 0 Å². The van der Waals surface area contributed by atoms with Crippen molar-refractivity contribution in [3.63, 3.8) is 0 Å². The Morgan fingerprint density at radius 1 is 1.10 bits per heavy atom. The molecule has 3 rings (SSSR count). The molecule has 162 valence electrons. The molecule has 4 N–H and O–H groups in total. The van der Waals surface area contributed by atoms with Gasteiger partial charge in [-0.1, -0.05) is 30.3 Å². The van der Waals surface area contributed by atoms with Gasteiger partial charge < -0.3 is 25.8 Å². The van der Waals surface area contributed by atoms with Crippen LogP contribution in [-0.4, -0.2) is 32.1 Å². The van der Waals surface area contributed by atoms with Crippen LogP contribution in [-0.2, 0) is 17.9 Å². The number of carbonyl (C=O) groups is 1. The maximum atomic E-state index is 10.9. The summed E-state index contributed by atoms with van der Waals surface area (Å²) >= 11 is 0. The van der Waals surface area contributed by atoms with E-state index in [4.69, 9.17) is 15.2 Å². The number of amides is 1. The molecule has 1 amide bonds. The maximum Gasteiger partial charge on any atom is 0.255 e. The van der Waals surface area contributed by atoms with Crippen LogP contribution < -0.4 is 25.8 Å². The minimum Gasteiger partial charge on any atom is -0.493 e. The number of rotatable bonds is 10. The number of hydrogen-bond donors (Lipinski definition) is 3. The van der Waals surface area contributed by atoms with E-state index in [-0.39, 0.29) is 30.6 Å². The molecule has 0 radical (unpaired) electrons. The standard InChI is InChI=1S/C22H28N4O3.HI/c1-24-22(25-12-17-5-4-7-19(11-17)28-15-21(23)27)26-13-18-6-2-3-8-20(18)29-14-16-9-10-16;/h2-8,11,16H,9-10,12-15H2,1H3,(H2,23,27)(H2,24,25,26);1H. The second-order valence-electron chi connectivity index (χ2n) is 7.04. The quantitative estimate of drug-likeness (QED) is 0.252. The molecule has 8 heteroatoms. The van der Waals surface area contributed by atoms with Crippen LogP contribution in [0.2, 0.25) is 0 Å². The lowest BCUT2D eigenvalue weighted by atomic mass is 10.2. The van der Waals surface area contributed by atoms with E-state index in [9.17, 15) is 4.79 Å². The Labute approximate surface area is 194 Å². The molecule has 0 aliphatic heterocycles. The average Bonchev–Trinajstić information content (AvgIpc) is 3.56. The Kier molecular flexibility index (Phi) is 9.72. The summed E-state index contributed by atoms with van der Waals surface area (Å²) in [7, 11) is 1.73. The third-order valence-electron chi connectivity index (χ3n) is 4.55. The molecule has 1 aliphatic carbocycles. The van der Waals surface area contributed by atoms with Crippen molar-refractivity contribution in [2.24, 2.45) is 16.6 Å². The van der Waals surface area contributed by atoms with Crippen LogP contribution in [0.5, 0.6) is 11.5 Å². The summed E-state index contributed by atoms with van der Waals surface area (Å²) in [5.74, 6) is 2.42. The molecule has 0 heterocycles. The van der Waals surface area contributed by atoms with E-state index >= 15 is 0 Å². The summed E-state index contributed by atoms with van der Waals surface area (Å²) in [6, 6.07) is 15.6. The number of ether oxygens (including phenoxy) is 2. The highest BCUT2D eigenvalue weighted by Gasteiger charge is 2.22. The first-order valence-electron chi connectivity index (χ1n) is 9.79. The Morgan fingerprint density at radius 2 is 1.87 bits per heavy atom. The fraction of sp³-hybridized carbons (Fsp3) is 0.364. The minimum absolute atomic E-state index is 0. The molecule has 7 nitrogen and oxygen atoms in total. The molecule has 1 fully saturated rings. The van der Waals surface area contributed by atoms with E-state index in [1.807, 2.05) is 36.4 Å². The van der Waals surface area contributed by atoms with E-state index in [1.54, 1.807) is 13.1 Å². The van der Waals surface area contributed by atoms with Gasteiger partial charge >= 0.3 is 0 Å². The van der Waals surface area contributed by atoms with Crippen molar-refractivity contribution in [2.75, 3.05) is 20.3 Å². The number of carbonyl (C=O) groups excluding carboxylic acids is 1. The summed E-state index contributed by atoms with van der Waals surface area (Å²) < 4.78 is 11.3. The normalized spacial score (nSPS) is 13.2. The van der Waals surface area contributed by atoms with Gasteiger partial charge in [0.05, 0.1) is 6.61 Å². The molecule has 0 aromatic heterocycles. The van der Waals surface area contributed by atoms with Crippen LogP contribution in [0.4, 0.5) is 0 Å². The smallest absolute Gasteiger partial charge is 0.255 e. The van der Waals surface area contributed by atoms with Crippen LogP contribution in [0, 0.1) is 5.92 Å². The number of benzene rings is 2. The third kappa shape index (κ3) is 8.10. The highest BCUT2D eigenvalue weighted by atomic mass is 127. The van der Waals surface area contributed by atoms with Gasteiger partial charge in [0.1, 0.15) is 11.5 Å². The monoisotopic (exact) mass is 524 g/mol. The van der Waals surface area contributed by atoms with E-state index in [1.165, 1.54) is 12.8 Å². The highest BCUT2D eigenvalue weighted by Crippen LogP contribution is 2.30. The molecule has 0 atom stereocenters. The molecule has 2 aromatic rings. The van der Waals surface area contributed by atoms with Crippen molar-refractivity contribution in [2.45, 2.75) is 25.9 Å². The molecule has 0 saturated heterocycles. The van der Waals surface area contributed by atoms with E-state index < -0.39 is 5.91 Å². The zero-order valence-corrected chi connectivity index (χ0v) is 19.4. The van der Waals surface area contributed by atoms with Crippen LogP contribution in [0.1, 0.15) is 24.0 Å².